The molecule has 9 heteroatoms. The first-order valence-electron chi connectivity index (χ1n) is 10.7. The lowest BCUT2D eigenvalue weighted by atomic mass is 9.69. The van der Waals surface area contributed by atoms with E-state index in [4.69, 9.17) is 4.42 Å². The van der Waals surface area contributed by atoms with Crippen LogP contribution < -0.4 is 5.32 Å². The molecule has 3 aromatic rings. The van der Waals surface area contributed by atoms with Crippen molar-refractivity contribution in [3.8, 4) is 11.3 Å². The van der Waals surface area contributed by atoms with E-state index in [0.717, 1.165) is 17.2 Å². The number of rotatable bonds is 5. The molecule has 0 spiro atoms. The molecular formula is C25H21F4NO4. The molecule has 1 amide bonds. The van der Waals surface area contributed by atoms with E-state index in [0.29, 0.717) is 30.7 Å². The molecule has 1 aliphatic carbocycles. The number of nitrogens with one attached hydrogen (secondary N) is 1. The second-order valence-corrected chi connectivity index (χ2v) is 8.29. The summed E-state index contributed by atoms with van der Waals surface area (Å²) in [6, 6.07) is 12.6. The fraction of sp³-hybridized carbons (Fsp3) is 0.280. The number of benzene rings is 2. The molecule has 2 aromatic carbocycles. The second kappa shape index (κ2) is 9.32. The Hall–Kier alpha value is -3.62. The topological polar surface area (TPSA) is 79.5 Å². The van der Waals surface area contributed by atoms with Crippen LogP contribution in [0.5, 0.6) is 0 Å². The van der Waals surface area contributed by atoms with Crippen LogP contribution in [0.4, 0.5) is 23.2 Å². The van der Waals surface area contributed by atoms with Gasteiger partial charge >= 0.3 is 12.1 Å². The number of carbonyl (C=O) groups excluding carboxylic acids is 1. The molecule has 4 rings (SSSR count). The maximum absolute atomic E-state index is 14.2. The van der Waals surface area contributed by atoms with Crippen molar-refractivity contribution in [2.45, 2.75) is 31.4 Å². The van der Waals surface area contributed by atoms with E-state index in [1.807, 2.05) is 12.1 Å². The highest BCUT2D eigenvalue weighted by Gasteiger charge is 2.43. The molecule has 2 N–H and O–H groups in total. The number of aliphatic carboxylic acids is 1. The molecule has 0 saturated heterocycles. The van der Waals surface area contributed by atoms with Crippen molar-refractivity contribution >= 4 is 17.6 Å². The number of amides is 1. The first-order valence-corrected chi connectivity index (χ1v) is 10.7. The van der Waals surface area contributed by atoms with Gasteiger partial charge in [0.2, 0.25) is 5.91 Å². The summed E-state index contributed by atoms with van der Waals surface area (Å²) < 4.78 is 57.9. The van der Waals surface area contributed by atoms with Crippen molar-refractivity contribution in [3.63, 3.8) is 0 Å². The molecule has 34 heavy (non-hydrogen) atoms. The lowest BCUT2D eigenvalue weighted by Gasteiger charge is -2.35. The van der Waals surface area contributed by atoms with Crippen LogP contribution in [0, 0.1) is 17.7 Å². The zero-order chi connectivity index (χ0) is 24.5. The minimum absolute atomic E-state index is 0.270. The molecule has 1 fully saturated rings. The summed E-state index contributed by atoms with van der Waals surface area (Å²) in [4.78, 5) is 25.1. The van der Waals surface area contributed by atoms with Gasteiger partial charge in [-0.15, -0.1) is 0 Å². The molecule has 1 aliphatic rings. The van der Waals surface area contributed by atoms with Gasteiger partial charge in [0, 0.05) is 5.56 Å². The molecule has 0 unspecified atom stereocenters. The van der Waals surface area contributed by atoms with Gasteiger partial charge in [0.25, 0.3) is 0 Å². The Morgan fingerprint density at radius 1 is 1.03 bits per heavy atom. The van der Waals surface area contributed by atoms with Crippen LogP contribution in [0.25, 0.3) is 11.3 Å². The quantitative estimate of drug-likeness (QED) is 0.423. The summed E-state index contributed by atoms with van der Waals surface area (Å²) in [6.07, 6.45) is -1.78. The van der Waals surface area contributed by atoms with E-state index in [2.05, 4.69) is 5.32 Å². The molecule has 0 radical (unpaired) electrons. The van der Waals surface area contributed by atoms with Crippen LogP contribution in [0.3, 0.4) is 0 Å². The van der Waals surface area contributed by atoms with Crippen molar-refractivity contribution < 1.29 is 36.7 Å². The van der Waals surface area contributed by atoms with Gasteiger partial charge in [-0.3, -0.25) is 9.59 Å². The van der Waals surface area contributed by atoms with Crippen LogP contribution in [-0.4, -0.2) is 17.0 Å². The minimum atomic E-state index is -4.72. The molecular weight excluding hydrogens is 454 g/mol. The zero-order valence-corrected chi connectivity index (χ0v) is 17.8. The van der Waals surface area contributed by atoms with Crippen molar-refractivity contribution in [1.82, 2.24) is 0 Å². The van der Waals surface area contributed by atoms with Crippen LogP contribution in [-0.2, 0) is 15.8 Å². The summed E-state index contributed by atoms with van der Waals surface area (Å²) >= 11 is 0. The summed E-state index contributed by atoms with van der Waals surface area (Å²) in [5.41, 5.74) is -0.0291. The van der Waals surface area contributed by atoms with Gasteiger partial charge < -0.3 is 14.8 Å². The largest absolute Gasteiger partial charge is 0.481 e. The Morgan fingerprint density at radius 3 is 2.35 bits per heavy atom. The summed E-state index contributed by atoms with van der Waals surface area (Å²) in [5.74, 6) is -4.96. The lowest BCUT2D eigenvalue weighted by molar-refractivity contribution is -0.148. The van der Waals surface area contributed by atoms with Crippen LogP contribution >= 0.6 is 0 Å². The standard InChI is InChI=1S/C25H21F4NO4/c26-19-13-16(25(27,28)29)10-11-20(19)30-23(31)18-4-1-3-17(22(18)24(32)33)14-6-8-15(9-7-14)21-5-2-12-34-21/h2,5-13,17-18,22H,1,3-4H2,(H,30,31)(H,32,33)/t17-,18-,22-/m1/s1. The molecule has 1 saturated carbocycles. The van der Waals surface area contributed by atoms with Crippen LogP contribution in [0.2, 0.25) is 0 Å². The number of halogens is 4. The van der Waals surface area contributed by atoms with Crippen molar-refractivity contribution in [2.75, 3.05) is 5.32 Å². The number of carboxylic acid groups (broad SMARTS) is 1. The molecule has 0 aliphatic heterocycles. The first-order chi connectivity index (χ1) is 16.1. The predicted molar refractivity (Wildman–Crippen MR) is 115 cm³/mol. The van der Waals surface area contributed by atoms with E-state index < -0.39 is 52.9 Å². The van der Waals surface area contributed by atoms with Gasteiger partial charge in [0.1, 0.15) is 11.6 Å². The van der Waals surface area contributed by atoms with Gasteiger partial charge in [0.15, 0.2) is 0 Å². The Kier molecular flexibility index (Phi) is 6.45. The average Bonchev–Trinajstić information content (AvgIpc) is 3.34. The average molecular weight is 475 g/mol. The van der Waals surface area contributed by atoms with Crippen molar-refractivity contribution in [2.24, 2.45) is 11.8 Å². The highest BCUT2D eigenvalue weighted by molar-refractivity contribution is 5.95. The number of alkyl halides is 3. The Bertz CT molecular complexity index is 1170. The van der Waals surface area contributed by atoms with Gasteiger partial charge in [-0.2, -0.15) is 13.2 Å². The number of carboxylic acids is 1. The maximum Gasteiger partial charge on any atom is 0.416 e. The molecule has 5 nitrogen and oxygen atoms in total. The Balaban J connectivity index is 1.55. The molecule has 1 aromatic heterocycles. The third-order valence-electron chi connectivity index (χ3n) is 6.22. The van der Waals surface area contributed by atoms with E-state index in [-0.39, 0.29) is 6.42 Å². The van der Waals surface area contributed by atoms with E-state index in [9.17, 15) is 32.3 Å². The van der Waals surface area contributed by atoms with Crippen molar-refractivity contribution in [3.05, 3.63) is 77.8 Å². The monoisotopic (exact) mass is 475 g/mol. The zero-order valence-electron chi connectivity index (χ0n) is 17.8. The summed E-state index contributed by atoms with van der Waals surface area (Å²) in [6.45, 7) is 0. The normalized spacial score (nSPS) is 20.6. The first kappa shape index (κ1) is 23.5. The smallest absolute Gasteiger partial charge is 0.416 e. The highest BCUT2D eigenvalue weighted by Crippen LogP contribution is 2.43. The molecule has 3 atom stereocenters. The Morgan fingerprint density at radius 2 is 1.76 bits per heavy atom. The Labute approximate surface area is 192 Å². The minimum Gasteiger partial charge on any atom is -0.481 e. The predicted octanol–water partition coefficient (Wildman–Crippen LogP) is 6.33. The number of carbonyl (C=O) groups is 2. The third-order valence-corrected chi connectivity index (χ3v) is 6.22. The number of furan rings is 1. The van der Waals surface area contributed by atoms with E-state index in [1.165, 1.54) is 0 Å². The fourth-order valence-electron chi connectivity index (χ4n) is 4.57. The summed E-state index contributed by atoms with van der Waals surface area (Å²) in [5, 5.41) is 12.2. The molecule has 178 valence electrons. The number of hydrogen-bond acceptors (Lipinski definition) is 3. The number of anilines is 1. The SMILES string of the molecule is O=C(O)[C@@H]1[C@@H](c2ccc(-c3ccco3)cc2)CCC[C@H]1C(=O)Nc1ccc(C(F)(F)F)cc1F. The summed E-state index contributed by atoms with van der Waals surface area (Å²) in [7, 11) is 0. The molecule has 1 heterocycles. The van der Waals surface area contributed by atoms with Gasteiger partial charge in [0.05, 0.1) is 29.3 Å². The van der Waals surface area contributed by atoms with E-state index in [1.54, 1.807) is 30.5 Å². The highest BCUT2D eigenvalue weighted by atomic mass is 19.4. The maximum atomic E-state index is 14.2. The van der Waals surface area contributed by atoms with Gasteiger partial charge in [-0.25, -0.2) is 4.39 Å². The lowest BCUT2D eigenvalue weighted by Crippen LogP contribution is -2.40. The number of hydrogen-bond donors (Lipinski definition) is 2. The van der Waals surface area contributed by atoms with Crippen LogP contribution in [0.1, 0.15) is 36.3 Å². The second-order valence-electron chi connectivity index (χ2n) is 8.29. The third kappa shape index (κ3) is 4.83. The van der Waals surface area contributed by atoms with Crippen molar-refractivity contribution in [1.29, 1.82) is 0 Å². The van der Waals surface area contributed by atoms with E-state index >= 15 is 0 Å². The fourth-order valence-corrected chi connectivity index (χ4v) is 4.57. The van der Waals surface area contributed by atoms with Gasteiger partial charge in [-0.1, -0.05) is 30.7 Å². The van der Waals surface area contributed by atoms with Gasteiger partial charge in [-0.05, 0) is 54.7 Å². The van der Waals surface area contributed by atoms with Crippen LogP contribution in [0.15, 0.2) is 65.3 Å². The molecule has 0 bridgehead atoms.